The van der Waals surface area contributed by atoms with E-state index in [0.29, 0.717) is 6.54 Å². The van der Waals surface area contributed by atoms with Crippen LogP contribution in [0.3, 0.4) is 0 Å². The lowest BCUT2D eigenvalue weighted by Gasteiger charge is -2.31. The van der Waals surface area contributed by atoms with Crippen LogP contribution in [0, 0.1) is 12.3 Å². The molecule has 0 saturated carbocycles. The normalized spacial score (nSPS) is 14.2. The lowest BCUT2D eigenvalue weighted by molar-refractivity contribution is -0.126. The van der Waals surface area contributed by atoms with Gasteiger partial charge in [-0.15, -0.1) is 0 Å². The molecular weight excluding hydrogens is 212 g/mol. The number of anilines is 1. The standard InChI is InChI=1S/C14H22N2O/c1-5-14(3,10-15)13(17)16(4)12-9-7-6-8-11(12)2/h6-9H,5,10,15H2,1-4H3. The van der Waals surface area contributed by atoms with Gasteiger partial charge in [-0.2, -0.15) is 0 Å². The van der Waals surface area contributed by atoms with Crippen molar-refractivity contribution in [1.29, 1.82) is 0 Å². The van der Waals surface area contributed by atoms with Gasteiger partial charge in [-0.3, -0.25) is 4.79 Å². The summed E-state index contributed by atoms with van der Waals surface area (Å²) in [4.78, 5) is 14.1. The van der Waals surface area contributed by atoms with Gasteiger partial charge in [0.2, 0.25) is 5.91 Å². The third kappa shape index (κ3) is 2.67. The first-order valence-corrected chi connectivity index (χ1v) is 6.00. The zero-order valence-electron chi connectivity index (χ0n) is 11.2. The lowest BCUT2D eigenvalue weighted by Crippen LogP contribution is -2.44. The molecule has 3 nitrogen and oxygen atoms in total. The van der Waals surface area contributed by atoms with Crippen LogP contribution >= 0.6 is 0 Å². The monoisotopic (exact) mass is 234 g/mol. The molecule has 94 valence electrons. The van der Waals surface area contributed by atoms with Gasteiger partial charge in [0, 0.05) is 19.3 Å². The Morgan fingerprint density at radius 1 is 1.41 bits per heavy atom. The van der Waals surface area contributed by atoms with E-state index in [1.165, 1.54) is 0 Å². The van der Waals surface area contributed by atoms with Crippen LogP contribution in [0.1, 0.15) is 25.8 Å². The maximum atomic E-state index is 12.4. The second-order valence-corrected chi connectivity index (χ2v) is 4.77. The molecule has 1 aromatic rings. The van der Waals surface area contributed by atoms with Crippen LogP contribution in [0.25, 0.3) is 0 Å². The number of hydrogen-bond acceptors (Lipinski definition) is 2. The highest BCUT2D eigenvalue weighted by molar-refractivity contribution is 5.97. The fourth-order valence-corrected chi connectivity index (χ4v) is 1.84. The number of amides is 1. The Kier molecular flexibility index (Phi) is 4.29. The summed E-state index contributed by atoms with van der Waals surface area (Å²) in [6.45, 7) is 6.30. The molecule has 1 rings (SSSR count). The highest BCUT2D eigenvalue weighted by Crippen LogP contribution is 2.27. The van der Waals surface area contributed by atoms with Gasteiger partial charge in [0.15, 0.2) is 0 Å². The highest BCUT2D eigenvalue weighted by Gasteiger charge is 2.33. The highest BCUT2D eigenvalue weighted by atomic mass is 16.2. The maximum Gasteiger partial charge on any atom is 0.233 e. The predicted octanol–water partition coefficient (Wildman–Crippen LogP) is 2.33. The summed E-state index contributed by atoms with van der Waals surface area (Å²) in [6, 6.07) is 7.88. The summed E-state index contributed by atoms with van der Waals surface area (Å²) in [6.07, 6.45) is 0.749. The van der Waals surface area contributed by atoms with E-state index in [2.05, 4.69) is 0 Å². The first-order valence-electron chi connectivity index (χ1n) is 6.00. The van der Waals surface area contributed by atoms with Crippen molar-refractivity contribution in [2.24, 2.45) is 11.1 Å². The summed E-state index contributed by atoms with van der Waals surface area (Å²) < 4.78 is 0. The third-order valence-electron chi connectivity index (χ3n) is 3.53. The summed E-state index contributed by atoms with van der Waals surface area (Å²) in [5.41, 5.74) is 7.30. The SMILES string of the molecule is CCC(C)(CN)C(=O)N(C)c1ccccc1C. The van der Waals surface area contributed by atoms with Crippen LogP contribution in [-0.2, 0) is 4.79 Å². The van der Waals surface area contributed by atoms with Crippen LogP contribution < -0.4 is 10.6 Å². The Bertz CT molecular complexity index is 397. The second kappa shape index (κ2) is 5.32. The average Bonchev–Trinajstić information content (AvgIpc) is 2.36. The molecule has 1 aromatic carbocycles. The summed E-state index contributed by atoms with van der Waals surface area (Å²) in [7, 11) is 1.81. The van der Waals surface area contributed by atoms with E-state index in [9.17, 15) is 4.79 Å². The Morgan fingerprint density at radius 3 is 2.47 bits per heavy atom. The molecule has 1 atom stereocenters. The summed E-state index contributed by atoms with van der Waals surface area (Å²) >= 11 is 0. The second-order valence-electron chi connectivity index (χ2n) is 4.77. The molecular formula is C14H22N2O. The minimum atomic E-state index is -0.475. The van der Waals surface area contributed by atoms with E-state index in [0.717, 1.165) is 17.7 Å². The fourth-order valence-electron chi connectivity index (χ4n) is 1.84. The smallest absolute Gasteiger partial charge is 0.233 e. The third-order valence-corrected chi connectivity index (χ3v) is 3.53. The van der Waals surface area contributed by atoms with Gasteiger partial charge in [-0.05, 0) is 31.9 Å². The van der Waals surface area contributed by atoms with Crippen LogP contribution in [0.15, 0.2) is 24.3 Å². The molecule has 0 saturated heterocycles. The molecule has 0 aliphatic heterocycles. The number of benzene rings is 1. The summed E-state index contributed by atoms with van der Waals surface area (Å²) in [5, 5.41) is 0. The van der Waals surface area contributed by atoms with E-state index in [-0.39, 0.29) is 5.91 Å². The van der Waals surface area contributed by atoms with Crippen LogP contribution in [0.4, 0.5) is 5.69 Å². The van der Waals surface area contributed by atoms with Crippen LogP contribution in [0.2, 0.25) is 0 Å². The zero-order valence-corrected chi connectivity index (χ0v) is 11.2. The maximum absolute atomic E-state index is 12.4. The van der Waals surface area contributed by atoms with Crippen molar-refractivity contribution < 1.29 is 4.79 Å². The van der Waals surface area contributed by atoms with Gasteiger partial charge in [0.1, 0.15) is 0 Å². The number of rotatable bonds is 4. The molecule has 0 spiro atoms. The first-order chi connectivity index (χ1) is 7.96. The van der Waals surface area contributed by atoms with Crippen LogP contribution in [-0.4, -0.2) is 19.5 Å². The number of carbonyl (C=O) groups excluding carboxylic acids is 1. The minimum Gasteiger partial charge on any atom is -0.329 e. The number of aryl methyl sites for hydroxylation is 1. The molecule has 0 heterocycles. The molecule has 0 fully saturated rings. The quantitative estimate of drug-likeness (QED) is 0.869. The number of hydrogen-bond donors (Lipinski definition) is 1. The van der Waals surface area contributed by atoms with Gasteiger partial charge >= 0.3 is 0 Å². The number of para-hydroxylation sites is 1. The van der Waals surface area contributed by atoms with Gasteiger partial charge in [-0.1, -0.05) is 25.1 Å². The largest absolute Gasteiger partial charge is 0.329 e. The molecule has 0 bridgehead atoms. The Hall–Kier alpha value is -1.35. The topological polar surface area (TPSA) is 46.3 Å². The minimum absolute atomic E-state index is 0.0804. The van der Waals surface area contributed by atoms with Crippen molar-refractivity contribution in [2.75, 3.05) is 18.5 Å². The van der Waals surface area contributed by atoms with E-state index in [1.54, 1.807) is 4.90 Å². The van der Waals surface area contributed by atoms with Gasteiger partial charge in [0.05, 0.1) is 5.41 Å². The van der Waals surface area contributed by atoms with Gasteiger partial charge in [-0.25, -0.2) is 0 Å². The van der Waals surface area contributed by atoms with Crippen molar-refractivity contribution in [2.45, 2.75) is 27.2 Å². The van der Waals surface area contributed by atoms with Crippen molar-refractivity contribution >= 4 is 11.6 Å². The van der Waals surface area contributed by atoms with Crippen molar-refractivity contribution in [3.8, 4) is 0 Å². The molecule has 3 heteroatoms. The van der Waals surface area contributed by atoms with E-state index >= 15 is 0 Å². The van der Waals surface area contributed by atoms with Crippen molar-refractivity contribution in [3.05, 3.63) is 29.8 Å². The molecule has 0 aliphatic carbocycles. The average molecular weight is 234 g/mol. The van der Waals surface area contributed by atoms with Crippen molar-refractivity contribution in [3.63, 3.8) is 0 Å². The van der Waals surface area contributed by atoms with Gasteiger partial charge < -0.3 is 10.6 Å². The number of nitrogens with zero attached hydrogens (tertiary/aromatic N) is 1. The van der Waals surface area contributed by atoms with E-state index < -0.39 is 5.41 Å². The Morgan fingerprint density at radius 2 is 2.00 bits per heavy atom. The number of nitrogens with two attached hydrogens (primary N) is 1. The zero-order chi connectivity index (χ0) is 13.1. The van der Waals surface area contributed by atoms with Crippen molar-refractivity contribution in [1.82, 2.24) is 0 Å². The van der Waals surface area contributed by atoms with Crippen LogP contribution in [0.5, 0.6) is 0 Å². The van der Waals surface area contributed by atoms with E-state index in [4.69, 9.17) is 5.73 Å². The first kappa shape index (κ1) is 13.7. The molecule has 0 aromatic heterocycles. The fraction of sp³-hybridized carbons (Fsp3) is 0.500. The molecule has 1 unspecified atom stereocenters. The predicted molar refractivity (Wildman–Crippen MR) is 72.0 cm³/mol. The Balaban J connectivity index is 3.02. The molecule has 2 N–H and O–H groups in total. The Labute approximate surface area is 104 Å². The molecule has 17 heavy (non-hydrogen) atoms. The number of carbonyl (C=O) groups is 1. The lowest BCUT2D eigenvalue weighted by atomic mass is 9.86. The summed E-state index contributed by atoms with van der Waals surface area (Å²) in [5.74, 6) is 0.0804. The molecule has 0 radical (unpaired) electrons. The molecule has 1 amide bonds. The van der Waals surface area contributed by atoms with E-state index in [1.807, 2.05) is 52.1 Å². The molecule has 0 aliphatic rings. The van der Waals surface area contributed by atoms with Gasteiger partial charge in [0.25, 0.3) is 0 Å².